The molecule has 1 aromatic heterocycles. The van der Waals surface area contributed by atoms with Gasteiger partial charge in [-0.15, -0.1) is 0 Å². The molecule has 1 heterocycles. The van der Waals surface area contributed by atoms with Crippen LogP contribution in [0.2, 0.25) is 0 Å². The third-order valence-corrected chi connectivity index (χ3v) is 4.01. The molecule has 0 aliphatic heterocycles. The number of nitrogens with zero attached hydrogens (tertiary/aromatic N) is 2. The van der Waals surface area contributed by atoms with Crippen molar-refractivity contribution >= 4 is 5.91 Å². The first-order chi connectivity index (χ1) is 12.7. The van der Waals surface area contributed by atoms with E-state index >= 15 is 0 Å². The quantitative estimate of drug-likeness (QED) is 0.635. The second-order valence-corrected chi connectivity index (χ2v) is 6.14. The lowest BCUT2D eigenvalue weighted by Crippen LogP contribution is -2.28. The van der Waals surface area contributed by atoms with Gasteiger partial charge in [-0.3, -0.25) is 4.79 Å². The topological polar surface area (TPSA) is 56.1 Å². The zero-order chi connectivity index (χ0) is 18.2. The molecular weight excluding hydrogens is 326 g/mol. The molecule has 5 nitrogen and oxygen atoms in total. The number of aromatic nitrogens is 2. The van der Waals surface area contributed by atoms with Crippen molar-refractivity contribution in [2.75, 3.05) is 13.2 Å². The Labute approximate surface area is 153 Å². The number of carbonyl (C=O) groups excluding carboxylic acids is 1. The average molecular weight is 349 g/mol. The molecule has 0 fully saturated rings. The Balaban J connectivity index is 1.36. The van der Waals surface area contributed by atoms with Crippen molar-refractivity contribution in [3.8, 4) is 11.4 Å². The molecule has 0 spiro atoms. The number of rotatable bonds is 8. The second kappa shape index (κ2) is 8.85. The molecule has 1 amide bonds. The largest absolute Gasteiger partial charge is 0.492 e. The maximum atomic E-state index is 12.0. The molecule has 26 heavy (non-hydrogen) atoms. The highest BCUT2D eigenvalue weighted by molar-refractivity contribution is 5.76. The van der Waals surface area contributed by atoms with Gasteiger partial charge in [0, 0.05) is 12.6 Å². The predicted octanol–water partition coefficient (Wildman–Crippen LogP) is 3.31. The van der Waals surface area contributed by atoms with Crippen LogP contribution in [-0.4, -0.2) is 28.8 Å². The number of aryl methyl sites for hydroxylation is 2. The van der Waals surface area contributed by atoms with Crippen molar-refractivity contribution < 1.29 is 9.53 Å². The highest BCUT2D eigenvalue weighted by atomic mass is 16.5. The predicted molar refractivity (Wildman–Crippen MR) is 102 cm³/mol. The summed E-state index contributed by atoms with van der Waals surface area (Å²) in [5, 5.41) is 7.23. The van der Waals surface area contributed by atoms with E-state index in [-0.39, 0.29) is 5.91 Å². The van der Waals surface area contributed by atoms with Gasteiger partial charge in [0.15, 0.2) is 0 Å². The standard InChI is InChI=1S/C21H23N3O2/c1-17-7-10-20(11-8-17)26-14-13-22-21(25)12-9-18-15-23-24(16-18)19-5-3-2-4-6-19/h2-8,10-11,15-16H,9,12-14H2,1H3,(H,22,25). The van der Waals surface area contributed by atoms with E-state index in [0.717, 1.165) is 17.0 Å². The number of ether oxygens (including phenoxy) is 1. The molecule has 0 atom stereocenters. The van der Waals surface area contributed by atoms with Gasteiger partial charge in [0.2, 0.25) is 5.91 Å². The Kier molecular flexibility index (Phi) is 6.04. The van der Waals surface area contributed by atoms with Crippen LogP contribution in [0.4, 0.5) is 0 Å². The first-order valence-electron chi connectivity index (χ1n) is 8.76. The Morgan fingerprint density at radius 1 is 1.12 bits per heavy atom. The van der Waals surface area contributed by atoms with Crippen LogP contribution in [0.5, 0.6) is 5.75 Å². The maximum Gasteiger partial charge on any atom is 0.220 e. The molecule has 134 valence electrons. The van der Waals surface area contributed by atoms with Gasteiger partial charge in [-0.25, -0.2) is 4.68 Å². The van der Waals surface area contributed by atoms with Crippen LogP contribution in [0.15, 0.2) is 67.0 Å². The third-order valence-electron chi connectivity index (χ3n) is 4.01. The number of hydrogen-bond donors (Lipinski definition) is 1. The van der Waals surface area contributed by atoms with Gasteiger partial charge in [-0.05, 0) is 43.2 Å². The van der Waals surface area contributed by atoms with Crippen LogP contribution in [0, 0.1) is 6.92 Å². The van der Waals surface area contributed by atoms with Gasteiger partial charge >= 0.3 is 0 Å². The van der Waals surface area contributed by atoms with Gasteiger partial charge in [-0.2, -0.15) is 5.10 Å². The summed E-state index contributed by atoms with van der Waals surface area (Å²) in [7, 11) is 0. The van der Waals surface area contributed by atoms with Crippen molar-refractivity contribution in [1.82, 2.24) is 15.1 Å². The molecular formula is C21H23N3O2. The summed E-state index contributed by atoms with van der Waals surface area (Å²) in [5.74, 6) is 0.836. The lowest BCUT2D eigenvalue weighted by atomic mass is 10.2. The Hall–Kier alpha value is -3.08. The Morgan fingerprint density at radius 2 is 1.88 bits per heavy atom. The summed E-state index contributed by atoms with van der Waals surface area (Å²) in [5.41, 5.74) is 3.25. The number of benzene rings is 2. The smallest absolute Gasteiger partial charge is 0.220 e. The van der Waals surface area contributed by atoms with Crippen molar-refractivity contribution in [3.05, 3.63) is 78.1 Å². The molecule has 3 rings (SSSR count). The van der Waals surface area contributed by atoms with E-state index < -0.39 is 0 Å². The van der Waals surface area contributed by atoms with E-state index in [9.17, 15) is 4.79 Å². The summed E-state index contributed by atoms with van der Waals surface area (Å²) >= 11 is 0. The molecule has 1 N–H and O–H groups in total. The van der Waals surface area contributed by atoms with Crippen molar-refractivity contribution in [2.45, 2.75) is 19.8 Å². The molecule has 0 bridgehead atoms. The monoisotopic (exact) mass is 349 g/mol. The second-order valence-electron chi connectivity index (χ2n) is 6.14. The Morgan fingerprint density at radius 3 is 2.65 bits per heavy atom. The van der Waals surface area contributed by atoms with E-state index in [1.165, 1.54) is 5.56 Å². The van der Waals surface area contributed by atoms with Crippen LogP contribution >= 0.6 is 0 Å². The lowest BCUT2D eigenvalue weighted by molar-refractivity contribution is -0.121. The van der Waals surface area contributed by atoms with Crippen LogP contribution in [0.25, 0.3) is 5.69 Å². The maximum absolute atomic E-state index is 12.0. The highest BCUT2D eigenvalue weighted by Crippen LogP contribution is 2.11. The number of amides is 1. The number of hydrogen-bond acceptors (Lipinski definition) is 3. The number of nitrogens with one attached hydrogen (secondary N) is 1. The fraction of sp³-hybridized carbons (Fsp3) is 0.238. The van der Waals surface area contributed by atoms with Gasteiger partial charge in [0.05, 0.1) is 18.4 Å². The fourth-order valence-corrected chi connectivity index (χ4v) is 2.55. The summed E-state index contributed by atoms with van der Waals surface area (Å²) in [6.07, 6.45) is 4.87. The minimum atomic E-state index is 0.0185. The summed E-state index contributed by atoms with van der Waals surface area (Å²) in [6.45, 7) is 2.99. The van der Waals surface area contributed by atoms with Crippen molar-refractivity contribution in [3.63, 3.8) is 0 Å². The van der Waals surface area contributed by atoms with Crippen LogP contribution < -0.4 is 10.1 Å². The van der Waals surface area contributed by atoms with E-state index in [1.54, 1.807) is 6.20 Å². The Bertz CT molecular complexity index is 826. The van der Waals surface area contributed by atoms with E-state index in [1.807, 2.05) is 72.4 Å². The molecule has 0 saturated heterocycles. The van der Waals surface area contributed by atoms with E-state index in [0.29, 0.717) is 26.0 Å². The van der Waals surface area contributed by atoms with Gasteiger partial charge in [0.25, 0.3) is 0 Å². The molecule has 2 aromatic carbocycles. The van der Waals surface area contributed by atoms with Gasteiger partial charge in [-0.1, -0.05) is 35.9 Å². The minimum Gasteiger partial charge on any atom is -0.492 e. The highest BCUT2D eigenvalue weighted by Gasteiger charge is 2.05. The molecule has 0 aliphatic carbocycles. The van der Waals surface area contributed by atoms with E-state index in [2.05, 4.69) is 10.4 Å². The SMILES string of the molecule is Cc1ccc(OCCNC(=O)CCc2cnn(-c3ccccc3)c2)cc1. The molecule has 5 heteroatoms. The van der Waals surface area contributed by atoms with E-state index in [4.69, 9.17) is 4.74 Å². The zero-order valence-corrected chi connectivity index (χ0v) is 14.9. The van der Waals surface area contributed by atoms with Crippen molar-refractivity contribution in [2.24, 2.45) is 0 Å². The zero-order valence-electron chi connectivity index (χ0n) is 14.9. The lowest BCUT2D eigenvalue weighted by Gasteiger charge is -2.07. The first kappa shape index (κ1) is 17.7. The average Bonchev–Trinajstić information content (AvgIpc) is 3.15. The third kappa shape index (κ3) is 5.21. The molecule has 0 saturated carbocycles. The molecule has 0 unspecified atom stereocenters. The number of carbonyl (C=O) groups is 1. The molecule has 3 aromatic rings. The first-order valence-corrected chi connectivity index (χ1v) is 8.76. The molecule has 0 radical (unpaired) electrons. The number of para-hydroxylation sites is 1. The van der Waals surface area contributed by atoms with Crippen LogP contribution in [0.3, 0.4) is 0 Å². The van der Waals surface area contributed by atoms with Crippen molar-refractivity contribution in [1.29, 1.82) is 0 Å². The summed E-state index contributed by atoms with van der Waals surface area (Å²) < 4.78 is 7.42. The summed E-state index contributed by atoms with van der Waals surface area (Å²) in [4.78, 5) is 12.0. The summed E-state index contributed by atoms with van der Waals surface area (Å²) in [6, 6.07) is 17.8. The fourth-order valence-electron chi connectivity index (χ4n) is 2.55. The van der Waals surface area contributed by atoms with Crippen LogP contribution in [-0.2, 0) is 11.2 Å². The van der Waals surface area contributed by atoms with Crippen LogP contribution in [0.1, 0.15) is 17.5 Å². The normalized spacial score (nSPS) is 10.5. The molecule has 0 aliphatic rings. The van der Waals surface area contributed by atoms with Gasteiger partial charge < -0.3 is 10.1 Å². The van der Waals surface area contributed by atoms with Gasteiger partial charge in [0.1, 0.15) is 12.4 Å². The minimum absolute atomic E-state index is 0.0185.